The fourth-order valence-corrected chi connectivity index (χ4v) is 3.73. The van der Waals surface area contributed by atoms with E-state index < -0.39 is 0 Å². The number of nitrogens with zero attached hydrogens (tertiary/aromatic N) is 2. The first-order chi connectivity index (χ1) is 11.7. The Morgan fingerprint density at radius 2 is 2.25 bits per heavy atom. The number of unbranched alkanes of at least 4 members (excludes halogenated alkanes) is 1. The molecule has 0 unspecified atom stereocenters. The smallest absolute Gasteiger partial charge is 0.271 e. The van der Waals surface area contributed by atoms with E-state index in [9.17, 15) is 4.79 Å². The lowest BCUT2D eigenvalue weighted by molar-refractivity contribution is 0.0947. The maximum Gasteiger partial charge on any atom is 0.271 e. The third-order valence-electron chi connectivity index (χ3n) is 4.66. The van der Waals surface area contributed by atoms with Gasteiger partial charge in [-0.05, 0) is 68.7 Å². The number of nitrogens with one attached hydrogen (secondary N) is 2. The summed E-state index contributed by atoms with van der Waals surface area (Å²) in [7, 11) is 0. The van der Waals surface area contributed by atoms with Crippen molar-refractivity contribution in [3.8, 4) is 10.6 Å². The highest BCUT2D eigenvalue weighted by molar-refractivity contribution is 7.13. The molecule has 2 aromatic rings. The van der Waals surface area contributed by atoms with E-state index in [0.717, 1.165) is 35.9 Å². The van der Waals surface area contributed by atoms with E-state index in [-0.39, 0.29) is 5.91 Å². The molecule has 2 aromatic heterocycles. The first-order valence-corrected chi connectivity index (χ1v) is 9.70. The van der Waals surface area contributed by atoms with Crippen molar-refractivity contribution in [2.75, 3.05) is 26.2 Å². The van der Waals surface area contributed by atoms with Gasteiger partial charge in [0.1, 0.15) is 0 Å². The van der Waals surface area contributed by atoms with Crippen LogP contribution in [0, 0.1) is 5.92 Å². The van der Waals surface area contributed by atoms with Gasteiger partial charge in [0.2, 0.25) is 0 Å². The molecule has 3 heterocycles. The summed E-state index contributed by atoms with van der Waals surface area (Å²) in [6.45, 7) is 6.65. The van der Waals surface area contributed by atoms with Crippen LogP contribution in [0.1, 0.15) is 43.1 Å². The standard InChI is InChI=1S/C18H26N4OS/c1-14-6-10-22(11-7-14)9-3-2-8-19-18(23)16-13-15(20-21-16)17-5-4-12-24-17/h4-5,12-14H,2-3,6-11H2,1H3,(H,19,23)(H,20,21). The lowest BCUT2D eigenvalue weighted by atomic mass is 9.99. The van der Waals surface area contributed by atoms with Gasteiger partial charge in [0.05, 0.1) is 10.6 Å². The molecule has 0 bridgehead atoms. The molecule has 1 aliphatic heterocycles. The quantitative estimate of drug-likeness (QED) is 0.756. The summed E-state index contributed by atoms with van der Waals surface area (Å²) in [4.78, 5) is 15.8. The SMILES string of the molecule is CC1CCN(CCCCNC(=O)c2cc(-c3cccs3)[nH]n2)CC1. The molecular formula is C18H26N4OS. The molecule has 130 valence electrons. The average molecular weight is 347 g/mol. The minimum absolute atomic E-state index is 0.0964. The van der Waals surface area contributed by atoms with Crippen LogP contribution in [0.25, 0.3) is 10.6 Å². The Hall–Kier alpha value is -1.66. The number of hydrogen-bond acceptors (Lipinski definition) is 4. The molecule has 1 aliphatic rings. The van der Waals surface area contributed by atoms with Crippen LogP contribution in [0.3, 0.4) is 0 Å². The van der Waals surface area contributed by atoms with Gasteiger partial charge in [-0.3, -0.25) is 9.89 Å². The van der Waals surface area contributed by atoms with Crippen LogP contribution in [0.4, 0.5) is 0 Å². The predicted octanol–water partition coefficient (Wildman–Crippen LogP) is 3.38. The van der Waals surface area contributed by atoms with Gasteiger partial charge in [-0.15, -0.1) is 11.3 Å². The molecule has 1 amide bonds. The molecule has 6 heteroatoms. The summed E-state index contributed by atoms with van der Waals surface area (Å²) in [5.74, 6) is 0.786. The van der Waals surface area contributed by atoms with Gasteiger partial charge in [0, 0.05) is 6.54 Å². The first kappa shape index (κ1) is 17.2. The lowest BCUT2D eigenvalue weighted by Crippen LogP contribution is -2.34. The van der Waals surface area contributed by atoms with Crippen molar-refractivity contribution in [3.63, 3.8) is 0 Å². The Morgan fingerprint density at radius 3 is 3.00 bits per heavy atom. The minimum Gasteiger partial charge on any atom is -0.351 e. The predicted molar refractivity (Wildman–Crippen MR) is 98.3 cm³/mol. The van der Waals surface area contributed by atoms with E-state index in [1.165, 1.54) is 25.9 Å². The number of H-pyrrole nitrogens is 1. The summed E-state index contributed by atoms with van der Waals surface area (Å²) >= 11 is 1.63. The number of carbonyl (C=O) groups is 1. The van der Waals surface area contributed by atoms with E-state index >= 15 is 0 Å². The van der Waals surface area contributed by atoms with E-state index in [0.29, 0.717) is 12.2 Å². The number of carbonyl (C=O) groups excluding carboxylic acids is 1. The molecule has 5 nitrogen and oxygen atoms in total. The number of likely N-dealkylation sites (tertiary alicyclic amines) is 1. The Bertz CT molecular complexity index is 629. The molecule has 1 fully saturated rings. The van der Waals surface area contributed by atoms with Gasteiger partial charge in [-0.25, -0.2) is 0 Å². The maximum absolute atomic E-state index is 12.1. The largest absolute Gasteiger partial charge is 0.351 e. The van der Waals surface area contributed by atoms with E-state index in [1.807, 2.05) is 23.6 Å². The zero-order valence-corrected chi connectivity index (χ0v) is 15.1. The fraction of sp³-hybridized carbons (Fsp3) is 0.556. The molecule has 0 radical (unpaired) electrons. The van der Waals surface area contributed by atoms with Crippen molar-refractivity contribution < 1.29 is 4.79 Å². The Morgan fingerprint density at radius 1 is 1.42 bits per heavy atom. The third-order valence-corrected chi connectivity index (χ3v) is 5.56. The van der Waals surface area contributed by atoms with Crippen LogP contribution in [0.2, 0.25) is 0 Å². The second-order valence-corrected chi connectivity index (χ2v) is 7.58. The number of hydrogen-bond donors (Lipinski definition) is 2. The highest BCUT2D eigenvalue weighted by atomic mass is 32.1. The van der Waals surface area contributed by atoms with Crippen LogP contribution in [-0.2, 0) is 0 Å². The van der Waals surface area contributed by atoms with Crippen molar-refractivity contribution in [1.29, 1.82) is 0 Å². The number of thiophene rings is 1. The van der Waals surface area contributed by atoms with Crippen LogP contribution in [0.15, 0.2) is 23.6 Å². The lowest BCUT2D eigenvalue weighted by Gasteiger charge is -2.30. The second-order valence-electron chi connectivity index (χ2n) is 6.63. The van der Waals surface area contributed by atoms with Gasteiger partial charge < -0.3 is 10.2 Å². The van der Waals surface area contributed by atoms with Gasteiger partial charge in [-0.2, -0.15) is 5.10 Å². The number of piperidine rings is 1. The molecule has 0 spiro atoms. The van der Waals surface area contributed by atoms with Crippen molar-refractivity contribution >= 4 is 17.2 Å². The molecule has 0 atom stereocenters. The zero-order chi connectivity index (χ0) is 16.8. The molecule has 24 heavy (non-hydrogen) atoms. The van der Waals surface area contributed by atoms with E-state index in [4.69, 9.17) is 0 Å². The summed E-state index contributed by atoms with van der Waals surface area (Å²) in [5, 5.41) is 12.0. The molecule has 0 saturated carbocycles. The van der Waals surface area contributed by atoms with Crippen LogP contribution < -0.4 is 5.32 Å². The number of rotatable bonds is 7. The van der Waals surface area contributed by atoms with Crippen LogP contribution in [-0.4, -0.2) is 47.2 Å². The number of aromatic nitrogens is 2. The van der Waals surface area contributed by atoms with Crippen molar-refractivity contribution in [1.82, 2.24) is 20.4 Å². The average Bonchev–Trinajstić information content (AvgIpc) is 3.27. The van der Waals surface area contributed by atoms with Gasteiger partial charge in [-0.1, -0.05) is 13.0 Å². The van der Waals surface area contributed by atoms with Gasteiger partial charge in [0.25, 0.3) is 5.91 Å². The van der Waals surface area contributed by atoms with Crippen LogP contribution >= 0.6 is 11.3 Å². The normalized spacial score (nSPS) is 16.4. The highest BCUT2D eigenvalue weighted by Crippen LogP contribution is 2.22. The number of amides is 1. The first-order valence-electron chi connectivity index (χ1n) is 8.82. The van der Waals surface area contributed by atoms with Crippen molar-refractivity contribution in [3.05, 3.63) is 29.3 Å². The summed E-state index contributed by atoms with van der Waals surface area (Å²) in [6.07, 6.45) is 4.79. The summed E-state index contributed by atoms with van der Waals surface area (Å²) < 4.78 is 0. The fourth-order valence-electron chi connectivity index (χ4n) is 3.03. The molecule has 1 saturated heterocycles. The molecule has 0 aliphatic carbocycles. The molecule has 2 N–H and O–H groups in total. The summed E-state index contributed by atoms with van der Waals surface area (Å²) in [6, 6.07) is 5.82. The summed E-state index contributed by atoms with van der Waals surface area (Å²) in [5.41, 5.74) is 1.36. The highest BCUT2D eigenvalue weighted by Gasteiger charge is 2.15. The maximum atomic E-state index is 12.1. The van der Waals surface area contributed by atoms with Crippen LogP contribution in [0.5, 0.6) is 0 Å². The number of aromatic amines is 1. The molecule has 0 aromatic carbocycles. The zero-order valence-electron chi connectivity index (χ0n) is 14.3. The minimum atomic E-state index is -0.0964. The third kappa shape index (κ3) is 4.68. The Balaban J connectivity index is 1.34. The topological polar surface area (TPSA) is 61.0 Å². The van der Waals surface area contributed by atoms with E-state index in [1.54, 1.807) is 11.3 Å². The molecule has 3 rings (SSSR count). The Labute approximate surface area is 147 Å². The van der Waals surface area contributed by atoms with Crippen molar-refractivity contribution in [2.24, 2.45) is 5.92 Å². The molecular weight excluding hydrogens is 320 g/mol. The Kier molecular flexibility index (Phi) is 6.04. The van der Waals surface area contributed by atoms with Crippen molar-refractivity contribution in [2.45, 2.75) is 32.6 Å². The van der Waals surface area contributed by atoms with Gasteiger partial charge >= 0.3 is 0 Å². The second kappa shape index (κ2) is 8.44. The van der Waals surface area contributed by atoms with Gasteiger partial charge in [0.15, 0.2) is 5.69 Å². The van der Waals surface area contributed by atoms with E-state index in [2.05, 4.69) is 27.3 Å². The monoisotopic (exact) mass is 346 g/mol.